The maximum Gasteiger partial charge on any atom is 0.278 e. The molecule has 1 aromatic carbocycles. The smallest absolute Gasteiger partial charge is 0.278 e. The molecule has 0 saturated heterocycles. The van der Waals surface area contributed by atoms with Crippen molar-refractivity contribution in [3.63, 3.8) is 0 Å². The predicted octanol–water partition coefficient (Wildman–Crippen LogP) is 3.17. The van der Waals surface area contributed by atoms with Crippen molar-refractivity contribution in [2.24, 2.45) is 0 Å². The number of benzene rings is 1. The van der Waals surface area contributed by atoms with Gasteiger partial charge in [-0.3, -0.25) is 9.17 Å². The van der Waals surface area contributed by atoms with Gasteiger partial charge >= 0.3 is 0 Å². The van der Waals surface area contributed by atoms with Gasteiger partial charge in [-0.15, -0.1) is 0 Å². The molecule has 0 saturated carbocycles. The van der Waals surface area contributed by atoms with E-state index in [-0.39, 0.29) is 16.3 Å². The molecule has 1 aromatic heterocycles. The van der Waals surface area contributed by atoms with E-state index in [0.29, 0.717) is 15.2 Å². The molecule has 1 heterocycles. The van der Waals surface area contributed by atoms with Crippen LogP contribution in [0.1, 0.15) is 5.56 Å². The molecule has 0 amide bonds. The SMILES string of the molecule is N#Cc1c(Nc2cc(Cl)c(O)c(Br)c2)s[nH]c1=O. The lowest BCUT2D eigenvalue weighted by atomic mass is 10.3. The summed E-state index contributed by atoms with van der Waals surface area (Å²) in [5.41, 5.74) is 0.130. The maximum atomic E-state index is 11.3. The van der Waals surface area contributed by atoms with Crippen molar-refractivity contribution in [3.8, 4) is 11.8 Å². The molecule has 2 aromatic rings. The fraction of sp³-hybridized carbons (Fsp3) is 0. The van der Waals surface area contributed by atoms with Crippen LogP contribution in [-0.4, -0.2) is 9.48 Å². The van der Waals surface area contributed by atoms with E-state index in [1.165, 1.54) is 6.07 Å². The fourth-order valence-corrected chi connectivity index (χ4v) is 2.76. The van der Waals surface area contributed by atoms with Gasteiger partial charge in [0, 0.05) is 5.69 Å². The number of nitrogens with one attached hydrogen (secondary N) is 2. The molecule has 0 spiro atoms. The van der Waals surface area contributed by atoms with Crippen LogP contribution in [0.25, 0.3) is 0 Å². The number of H-pyrrole nitrogens is 1. The third kappa shape index (κ3) is 2.36. The average molecular weight is 347 g/mol. The zero-order chi connectivity index (χ0) is 13.3. The summed E-state index contributed by atoms with van der Waals surface area (Å²) in [7, 11) is 0. The van der Waals surface area contributed by atoms with Gasteiger partial charge < -0.3 is 10.4 Å². The number of hydrogen-bond donors (Lipinski definition) is 3. The summed E-state index contributed by atoms with van der Waals surface area (Å²) in [6.07, 6.45) is 0. The highest BCUT2D eigenvalue weighted by Crippen LogP contribution is 2.36. The van der Waals surface area contributed by atoms with Crippen LogP contribution in [-0.2, 0) is 0 Å². The normalized spacial score (nSPS) is 10.1. The lowest BCUT2D eigenvalue weighted by Gasteiger charge is -2.07. The number of aromatic nitrogens is 1. The number of phenolic OH excluding ortho intramolecular Hbond substituents is 1. The Balaban J connectivity index is 2.41. The summed E-state index contributed by atoms with van der Waals surface area (Å²) in [5.74, 6) is -0.0648. The first-order chi connectivity index (χ1) is 8.52. The number of halogens is 2. The Morgan fingerprint density at radius 2 is 2.28 bits per heavy atom. The largest absolute Gasteiger partial charge is 0.505 e. The monoisotopic (exact) mass is 345 g/mol. The highest BCUT2D eigenvalue weighted by atomic mass is 79.9. The summed E-state index contributed by atoms with van der Waals surface area (Å²) < 4.78 is 2.87. The zero-order valence-corrected chi connectivity index (χ0v) is 11.8. The number of nitriles is 1. The number of hydrogen-bond acceptors (Lipinski definition) is 5. The molecule has 8 heteroatoms. The molecule has 5 nitrogen and oxygen atoms in total. The molecule has 0 aliphatic heterocycles. The van der Waals surface area contributed by atoms with E-state index in [9.17, 15) is 9.90 Å². The summed E-state index contributed by atoms with van der Waals surface area (Å²) in [5, 5.41) is 21.8. The Hall–Kier alpha value is -1.49. The minimum Gasteiger partial charge on any atom is -0.505 e. The minimum absolute atomic E-state index is 0.0142. The second-order valence-electron chi connectivity index (χ2n) is 3.26. The van der Waals surface area contributed by atoms with Crippen LogP contribution < -0.4 is 10.9 Å². The van der Waals surface area contributed by atoms with Gasteiger partial charge in [-0.05, 0) is 39.6 Å². The molecule has 0 atom stereocenters. The van der Waals surface area contributed by atoms with Gasteiger partial charge in [0.1, 0.15) is 16.8 Å². The van der Waals surface area contributed by atoms with E-state index in [4.69, 9.17) is 16.9 Å². The predicted molar refractivity (Wildman–Crippen MR) is 73.8 cm³/mol. The van der Waals surface area contributed by atoms with Crippen LogP contribution in [0.5, 0.6) is 5.75 Å². The van der Waals surface area contributed by atoms with Crippen LogP contribution in [0, 0.1) is 11.3 Å². The lowest BCUT2D eigenvalue weighted by molar-refractivity contribution is 0.472. The summed E-state index contributed by atoms with van der Waals surface area (Å²) in [6.45, 7) is 0. The molecule has 0 radical (unpaired) electrons. The van der Waals surface area contributed by atoms with Crippen molar-refractivity contribution >= 4 is 49.8 Å². The summed E-state index contributed by atoms with van der Waals surface area (Å²) >= 11 is 9.98. The second-order valence-corrected chi connectivity index (χ2v) is 5.34. The number of aromatic amines is 1. The maximum absolute atomic E-state index is 11.3. The highest BCUT2D eigenvalue weighted by molar-refractivity contribution is 9.10. The fourth-order valence-electron chi connectivity index (χ4n) is 1.26. The van der Waals surface area contributed by atoms with Crippen LogP contribution in [0.15, 0.2) is 21.4 Å². The molecule has 0 fully saturated rings. The summed E-state index contributed by atoms with van der Waals surface area (Å²) in [6, 6.07) is 4.90. The first-order valence-corrected chi connectivity index (χ1v) is 6.58. The highest BCUT2D eigenvalue weighted by Gasteiger charge is 2.12. The van der Waals surface area contributed by atoms with E-state index >= 15 is 0 Å². The first kappa shape index (κ1) is 13.0. The van der Waals surface area contributed by atoms with Crippen molar-refractivity contribution in [2.45, 2.75) is 0 Å². The molecule has 18 heavy (non-hydrogen) atoms. The number of anilines is 2. The van der Waals surface area contributed by atoms with E-state index < -0.39 is 5.56 Å². The van der Waals surface area contributed by atoms with Crippen LogP contribution in [0.4, 0.5) is 10.7 Å². The number of phenols is 1. The summed E-state index contributed by atoms with van der Waals surface area (Å²) in [4.78, 5) is 11.3. The zero-order valence-electron chi connectivity index (χ0n) is 8.62. The van der Waals surface area contributed by atoms with Gasteiger partial charge in [0.05, 0.1) is 9.50 Å². The van der Waals surface area contributed by atoms with Crippen LogP contribution in [0.2, 0.25) is 5.02 Å². The van der Waals surface area contributed by atoms with Gasteiger partial charge in [-0.2, -0.15) is 5.26 Å². The van der Waals surface area contributed by atoms with E-state index in [0.717, 1.165) is 11.5 Å². The topological polar surface area (TPSA) is 88.9 Å². The van der Waals surface area contributed by atoms with Gasteiger partial charge in [0.2, 0.25) is 0 Å². The van der Waals surface area contributed by atoms with Crippen molar-refractivity contribution in [2.75, 3.05) is 5.32 Å². The van der Waals surface area contributed by atoms with E-state index in [1.54, 1.807) is 6.07 Å². The average Bonchev–Trinajstić information content (AvgIpc) is 2.66. The number of nitrogens with zero attached hydrogens (tertiary/aromatic N) is 1. The van der Waals surface area contributed by atoms with Gasteiger partial charge in [0.15, 0.2) is 5.56 Å². The Kier molecular flexibility index (Phi) is 3.61. The molecular weight excluding hydrogens is 342 g/mol. The lowest BCUT2D eigenvalue weighted by Crippen LogP contribution is -2.02. The van der Waals surface area contributed by atoms with Crippen LogP contribution >= 0.6 is 39.1 Å². The number of rotatable bonds is 2. The van der Waals surface area contributed by atoms with Crippen LogP contribution in [0.3, 0.4) is 0 Å². The Bertz CT molecular complexity index is 681. The molecule has 2 rings (SSSR count). The van der Waals surface area contributed by atoms with E-state index in [2.05, 4.69) is 25.6 Å². The standard InChI is InChI=1S/C10H5BrClN3O2S/c11-6-1-4(2-7(12)8(6)16)14-10-5(3-13)9(17)15-18-10/h1-2,14,16H,(H,15,17). The molecule has 0 unspecified atom stereocenters. The molecule has 0 aliphatic carbocycles. The first-order valence-electron chi connectivity index (χ1n) is 4.59. The Morgan fingerprint density at radius 3 is 2.89 bits per heavy atom. The molecular formula is C10H5BrClN3O2S. The Labute approximate surface area is 119 Å². The van der Waals surface area contributed by atoms with Crippen molar-refractivity contribution in [3.05, 3.63) is 37.5 Å². The molecule has 0 aliphatic rings. The van der Waals surface area contributed by atoms with Crippen molar-refractivity contribution in [1.82, 2.24) is 4.37 Å². The van der Waals surface area contributed by atoms with Gasteiger partial charge in [-0.1, -0.05) is 11.6 Å². The van der Waals surface area contributed by atoms with E-state index in [1.807, 2.05) is 6.07 Å². The van der Waals surface area contributed by atoms with Crippen molar-refractivity contribution < 1.29 is 5.11 Å². The van der Waals surface area contributed by atoms with Gasteiger partial charge in [-0.25, -0.2) is 0 Å². The molecule has 0 bridgehead atoms. The minimum atomic E-state index is -0.436. The Morgan fingerprint density at radius 1 is 1.56 bits per heavy atom. The molecule has 3 N–H and O–H groups in total. The quantitative estimate of drug-likeness (QED) is 0.729. The van der Waals surface area contributed by atoms with Gasteiger partial charge in [0.25, 0.3) is 5.56 Å². The molecule has 92 valence electrons. The number of aromatic hydroxyl groups is 1. The van der Waals surface area contributed by atoms with Crippen molar-refractivity contribution in [1.29, 1.82) is 5.26 Å². The third-order valence-electron chi connectivity index (χ3n) is 2.09. The second kappa shape index (κ2) is 5.02. The third-order valence-corrected chi connectivity index (χ3v) is 3.78.